The van der Waals surface area contributed by atoms with Gasteiger partial charge in [-0.1, -0.05) is 30.3 Å². The zero-order valence-electron chi connectivity index (χ0n) is 14.1. The Labute approximate surface area is 159 Å². The molecule has 27 heavy (non-hydrogen) atoms. The highest BCUT2D eigenvalue weighted by molar-refractivity contribution is 6.28. The molecule has 1 aliphatic heterocycles. The van der Waals surface area contributed by atoms with Crippen molar-refractivity contribution in [2.45, 2.75) is 31.0 Å². The van der Waals surface area contributed by atoms with E-state index in [1.807, 2.05) is 30.3 Å². The zero-order chi connectivity index (χ0) is 19.0. The first-order chi connectivity index (χ1) is 13.1. The van der Waals surface area contributed by atoms with E-state index in [-0.39, 0.29) is 5.28 Å². The van der Waals surface area contributed by atoms with E-state index in [0.29, 0.717) is 23.7 Å². The Morgan fingerprint density at radius 1 is 1.22 bits per heavy atom. The number of nitrogens with one attached hydrogen (secondary N) is 1. The zero-order valence-corrected chi connectivity index (χ0v) is 14.8. The number of rotatable bonds is 5. The Balaban J connectivity index is 1.66. The molecule has 4 rings (SSSR count). The number of hydrogen-bond acceptors (Lipinski definition) is 7. The van der Waals surface area contributed by atoms with Crippen LogP contribution in [0.2, 0.25) is 5.28 Å². The van der Waals surface area contributed by atoms with E-state index in [9.17, 15) is 15.3 Å². The van der Waals surface area contributed by atoms with Gasteiger partial charge in [-0.15, -0.1) is 5.10 Å². The van der Waals surface area contributed by atoms with E-state index in [1.54, 1.807) is 0 Å². The molecule has 0 bridgehead atoms. The van der Waals surface area contributed by atoms with Gasteiger partial charge in [0.25, 0.3) is 0 Å². The molecule has 0 unspecified atom stereocenters. The average Bonchev–Trinajstić information content (AvgIpc) is 3.22. The second-order valence-corrected chi connectivity index (χ2v) is 6.57. The van der Waals surface area contributed by atoms with Gasteiger partial charge < -0.3 is 20.3 Å². The third-order valence-corrected chi connectivity index (χ3v) is 4.64. The molecule has 1 aliphatic rings. The third kappa shape index (κ3) is 3.35. The van der Waals surface area contributed by atoms with E-state index >= 15 is 0 Å². The number of ether oxygens (including phenoxy) is 1. The summed E-state index contributed by atoms with van der Waals surface area (Å²) in [4.78, 5) is 8.47. The van der Waals surface area contributed by atoms with Gasteiger partial charge in [0, 0.05) is 6.54 Å². The molecule has 141 valence electrons. The summed E-state index contributed by atoms with van der Waals surface area (Å²) in [5.74, 6) is 0.415. The summed E-state index contributed by atoms with van der Waals surface area (Å²) < 4.78 is 6.90. The summed E-state index contributed by atoms with van der Waals surface area (Å²) in [6.07, 6.45) is -3.02. The van der Waals surface area contributed by atoms with Crippen molar-refractivity contribution >= 4 is 23.1 Å². The van der Waals surface area contributed by atoms with Crippen molar-refractivity contribution in [3.8, 4) is 0 Å². The van der Waals surface area contributed by atoms with Gasteiger partial charge in [0.15, 0.2) is 11.5 Å². The molecule has 3 aromatic rings. The summed E-state index contributed by atoms with van der Waals surface area (Å²) in [5.41, 5.74) is 1.81. The number of anilines is 1. The Kier molecular flexibility index (Phi) is 4.94. The van der Waals surface area contributed by atoms with Crippen LogP contribution in [0.3, 0.4) is 0 Å². The van der Waals surface area contributed by atoms with E-state index in [1.165, 1.54) is 10.7 Å². The fraction of sp³-hybridized carbons (Fsp3) is 0.353. The summed E-state index contributed by atoms with van der Waals surface area (Å²) in [7, 11) is 0. The molecule has 1 radical (unpaired) electrons. The van der Waals surface area contributed by atoms with Crippen LogP contribution in [0.25, 0.3) is 5.65 Å². The minimum absolute atomic E-state index is 0.0225. The van der Waals surface area contributed by atoms with Gasteiger partial charge in [0.2, 0.25) is 5.28 Å². The van der Waals surface area contributed by atoms with Crippen molar-refractivity contribution in [2.24, 2.45) is 0 Å². The number of fused-ring (bicyclic) bond motifs is 1. The average molecular weight is 391 g/mol. The fourth-order valence-corrected chi connectivity index (χ4v) is 3.26. The van der Waals surface area contributed by atoms with Crippen molar-refractivity contribution in [1.29, 1.82) is 0 Å². The molecule has 3 heterocycles. The number of aliphatic hydroxyl groups excluding tert-OH is 2. The van der Waals surface area contributed by atoms with Gasteiger partial charge in [-0.2, -0.15) is 4.98 Å². The standard InChI is InChI=1S/C17H17ClN5O4/c18-17-21-15(19-6-9-4-2-1-3-5-9)16-20-7-10(23(16)22-17)14-13(26)12(25)11(8-24)27-14/h1-5,7,11-14,25-26H,6,8H2,(H,19,21,22)/t11-,12-,13-,14+/m1/s1. The van der Waals surface area contributed by atoms with Crippen molar-refractivity contribution in [1.82, 2.24) is 19.6 Å². The summed E-state index contributed by atoms with van der Waals surface area (Å²) >= 11 is 6.05. The molecule has 0 saturated carbocycles. The van der Waals surface area contributed by atoms with Crippen LogP contribution in [0.5, 0.6) is 0 Å². The number of nitrogens with zero attached hydrogens (tertiary/aromatic N) is 4. The van der Waals surface area contributed by atoms with Crippen LogP contribution in [0.1, 0.15) is 17.4 Å². The molecule has 0 aliphatic carbocycles. The molecule has 9 nitrogen and oxygen atoms in total. The van der Waals surface area contributed by atoms with Gasteiger partial charge in [-0.25, -0.2) is 14.6 Å². The Hall–Kier alpha value is -2.30. The number of imidazole rings is 1. The number of aliphatic hydroxyl groups is 2. The lowest BCUT2D eigenvalue weighted by molar-refractivity contribution is -0.0411. The van der Waals surface area contributed by atoms with Crippen LogP contribution >= 0.6 is 11.6 Å². The molecule has 1 aromatic carbocycles. The Morgan fingerprint density at radius 3 is 2.70 bits per heavy atom. The largest absolute Gasteiger partial charge is 0.387 e. The SMILES string of the molecule is [O]C[C@H]1O[C@@H](c2cnc3c(NCc4ccccc4)nc(Cl)nn23)[C@H](O)[C@@H]1O. The number of benzene rings is 1. The quantitative estimate of drug-likeness (QED) is 0.593. The second-order valence-electron chi connectivity index (χ2n) is 6.23. The van der Waals surface area contributed by atoms with E-state index < -0.39 is 31.0 Å². The summed E-state index contributed by atoms with van der Waals surface area (Å²) in [6, 6.07) is 9.74. The molecule has 10 heteroatoms. The first-order valence-corrected chi connectivity index (χ1v) is 8.75. The lowest BCUT2D eigenvalue weighted by atomic mass is 10.1. The summed E-state index contributed by atoms with van der Waals surface area (Å²) in [6.45, 7) is -0.156. The van der Waals surface area contributed by atoms with Gasteiger partial charge in [-0.3, -0.25) is 0 Å². The molecule has 2 aromatic heterocycles. The van der Waals surface area contributed by atoms with Crippen molar-refractivity contribution in [3.63, 3.8) is 0 Å². The lowest BCUT2D eigenvalue weighted by Crippen LogP contribution is -2.32. The lowest BCUT2D eigenvalue weighted by Gasteiger charge is -2.14. The highest BCUT2D eigenvalue weighted by atomic mass is 35.5. The van der Waals surface area contributed by atoms with Gasteiger partial charge in [0.05, 0.1) is 11.9 Å². The van der Waals surface area contributed by atoms with Crippen LogP contribution in [0, 0.1) is 0 Å². The number of aromatic nitrogens is 4. The normalized spacial score (nSPS) is 25.2. The topological polar surface area (TPSA) is 125 Å². The number of halogens is 1. The van der Waals surface area contributed by atoms with Crippen molar-refractivity contribution < 1.29 is 20.1 Å². The van der Waals surface area contributed by atoms with Gasteiger partial charge in [-0.05, 0) is 17.2 Å². The van der Waals surface area contributed by atoms with E-state index in [4.69, 9.17) is 16.3 Å². The van der Waals surface area contributed by atoms with Crippen molar-refractivity contribution in [2.75, 3.05) is 11.9 Å². The molecule has 0 spiro atoms. The third-order valence-electron chi connectivity index (χ3n) is 4.48. The smallest absolute Gasteiger partial charge is 0.243 e. The van der Waals surface area contributed by atoms with Crippen LogP contribution in [0.15, 0.2) is 36.5 Å². The molecular weight excluding hydrogens is 374 g/mol. The summed E-state index contributed by atoms with van der Waals surface area (Å²) in [5, 5.41) is 38.6. The first-order valence-electron chi connectivity index (χ1n) is 8.37. The molecule has 4 atom stereocenters. The number of hydrogen-bond donors (Lipinski definition) is 3. The Morgan fingerprint density at radius 2 is 2.00 bits per heavy atom. The fourth-order valence-electron chi connectivity index (χ4n) is 3.10. The van der Waals surface area contributed by atoms with E-state index in [2.05, 4.69) is 20.4 Å². The van der Waals surface area contributed by atoms with Crippen LogP contribution in [-0.2, 0) is 16.4 Å². The molecule has 1 fully saturated rings. The monoisotopic (exact) mass is 390 g/mol. The van der Waals surface area contributed by atoms with Crippen molar-refractivity contribution in [3.05, 3.63) is 53.1 Å². The van der Waals surface area contributed by atoms with Crippen LogP contribution in [-0.4, -0.2) is 54.7 Å². The highest BCUT2D eigenvalue weighted by Crippen LogP contribution is 2.34. The molecular formula is C17H17ClN5O4. The van der Waals surface area contributed by atoms with Crippen LogP contribution in [0.4, 0.5) is 5.82 Å². The first kappa shape index (κ1) is 18.1. The minimum atomic E-state index is -1.27. The van der Waals surface area contributed by atoms with Gasteiger partial charge >= 0.3 is 0 Å². The van der Waals surface area contributed by atoms with Crippen LogP contribution < -0.4 is 5.32 Å². The molecule has 0 amide bonds. The molecule has 1 saturated heterocycles. The predicted molar refractivity (Wildman–Crippen MR) is 94.7 cm³/mol. The van der Waals surface area contributed by atoms with E-state index in [0.717, 1.165) is 5.56 Å². The highest BCUT2D eigenvalue weighted by Gasteiger charge is 2.45. The Bertz CT molecular complexity index is 938. The molecule has 3 N–H and O–H groups in total. The maximum atomic E-state index is 11.1. The minimum Gasteiger partial charge on any atom is -0.387 e. The maximum Gasteiger partial charge on any atom is 0.243 e. The predicted octanol–water partition coefficient (Wildman–Crippen LogP) is 0.982. The van der Waals surface area contributed by atoms with Gasteiger partial charge in [0.1, 0.15) is 31.0 Å². The maximum absolute atomic E-state index is 11.1. The second kappa shape index (κ2) is 7.37.